The Morgan fingerprint density at radius 3 is 2.48 bits per heavy atom. The third-order valence-electron chi connectivity index (χ3n) is 3.48. The van der Waals surface area contributed by atoms with E-state index < -0.39 is 5.97 Å². The van der Waals surface area contributed by atoms with Crippen LogP contribution in [-0.2, 0) is 4.74 Å². The molecule has 2 heterocycles. The Labute approximate surface area is 132 Å². The number of nitrogens with zero attached hydrogens (tertiary/aromatic N) is 2. The van der Waals surface area contributed by atoms with Crippen LogP contribution in [0.15, 0.2) is 42.6 Å². The van der Waals surface area contributed by atoms with E-state index in [9.17, 15) is 9.90 Å². The molecule has 0 unspecified atom stereocenters. The second-order valence-electron chi connectivity index (χ2n) is 4.80. The van der Waals surface area contributed by atoms with Crippen LogP contribution in [0.4, 0.5) is 0 Å². The van der Waals surface area contributed by atoms with Crippen molar-refractivity contribution in [3.63, 3.8) is 0 Å². The molecule has 1 N–H and O–H groups in total. The lowest BCUT2D eigenvalue weighted by atomic mass is 10.1. The van der Waals surface area contributed by atoms with Gasteiger partial charge in [0.15, 0.2) is 11.4 Å². The van der Waals surface area contributed by atoms with Crippen molar-refractivity contribution in [2.24, 2.45) is 0 Å². The number of fused-ring (bicyclic) bond motifs is 1. The molecular formula is C17H14N2O4. The SMILES string of the molecule is COC(=O)c1ncc2nc(-c3ccc(OC)cc3)ccc2c1O. The van der Waals surface area contributed by atoms with Gasteiger partial charge in [0.1, 0.15) is 5.75 Å². The molecule has 0 bridgehead atoms. The number of carbonyl (C=O) groups is 1. The summed E-state index contributed by atoms with van der Waals surface area (Å²) in [6.45, 7) is 0. The van der Waals surface area contributed by atoms with E-state index in [1.54, 1.807) is 19.2 Å². The third kappa shape index (κ3) is 2.66. The standard InChI is InChI=1S/C17H14N2O4/c1-22-11-5-3-10(4-6-11)13-8-7-12-14(19-13)9-18-15(16(12)20)17(21)23-2/h3-9,20H,1-2H3. The minimum Gasteiger partial charge on any atom is -0.505 e. The van der Waals surface area contributed by atoms with Gasteiger partial charge in [-0.15, -0.1) is 0 Å². The van der Waals surface area contributed by atoms with E-state index in [0.29, 0.717) is 10.9 Å². The molecule has 3 aromatic rings. The zero-order chi connectivity index (χ0) is 16.4. The minimum atomic E-state index is -0.691. The first-order valence-electron chi connectivity index (χ1n) is 6.85. The Hall–Kier alpha value is -3.15. The van der Waals surface area contributed by atoms with Crippen LogP contribution in [0.3, 0.4) is 0 Å². The third-order valence-corrected chi connectivity index (χ3v) is 3.48. The summed E-state index contributed by atoms with van der Waals surface area (Å²) in [4.78, 5) is 20.0. The molecule has 0 spiro atoms. The van der Waals surface area contributed by atoms with Crippen molar-refractivity contribution < 1.29 is 19.4 Å². The second kappa shape index (κ2) is 5.92. The Morgan fingerprint density at radius 1 is 1.09 bits per heavy atom. The minimum absolute atomic E-state index is 0.126. The molecule has 3 rings (SSSR count). The number of aromatic nitrogens is 2. The first-order valence-corrected chi connectivity index (χ1v) is 6.85. The largest absolute Gasteiger partial charge is 0.505 e. The topological polar surface area (TPSA) is 81.5 Å². The van der Waals surface area contributed by atoms with Crippen molar-refractivity contribution in [1.82, 2.24) is 9.97 Å². The van der Waals surface area contributed by atoms with Crippen LogP contribution in [0.25, 0.3) is 22.2 Å². The van der Waals surface area contributed by atoms with E-state index in [-0.39, 0.29) is 11.4 Å². The highest BCUT2D eigenvalue weighted by Gasteiger charge is 2.17. The zero-order valence-corrected chi connectivity index (χ0v) is 12.6. The summed E-state index contributed by atoms with van der Waals surface area (Å²) in [5, 5.41) is 10.6. The van der Waals surface area contributed by atoms with Gasteiger partial charge in [-0.3, -0.25) is 0 Å². The Morgan fingerprint density at radius 2 is 1.83 bits per heavy atom. The lowest BCUT2D eigenvalue weighted by molar-refractivity contribution is 0.0591. The van der Waals surface area contributed by atoms with E-state index in [0.717, 1.165) is 17.0 Å². The van der Waals surface area contributed by atoms with E-state index in [2.05, 4.69) is 14.7 Å². The summed E-state index contributed by atoms with van der Waals surface area (Å²) in [6.07, 6.45) is 1.44. The fourth-order valence-corrected chi connectivity index (χ4v) is 2.26. The average molecular weight is 310 g/mol. The maximum absolute atomic E-state index is 11.5. The maximum Gasteiger partial charge on any atom is 0.360 e. The van der Waals surface area contributed by atoms with Gasteiger partial charge in [0.2, 0.25) is 0 Å². The van der Waals surface area contributed by atoms with Gasteiger partial charge in [0.05, 0.1) is 31.6 Å². The number of methoxy groups -OCH3 is 2. The van der Waals surface area contributed by atoms with Crippen molar-refractivity contribution in [2.45, 2.75) is 0 Å². The molecule has 6 heteroatoms. The summed E-state index contributed by atoms with van der Waals surface area (Å²) >= 11 is 0. The van der Waals surface area contributed by atoms with E-state index in [1.165, 1.54) is 13.3 Å². The number of hydrogen-bond acceptors (Lipinski definition) is 6. The quantitative estimate of drug-likeness (QED) is 0.749. The van der Waals surface area contributed by atoms with E-state index in [1.807, 2.05) is 24.3 Å². The number of esters is 1. The Balaban J connectivity index is 2.07. The molecule has 0 saturated carbocycles. The second-order valence-corrected chi connectivity index (χ2v) is 4.80. The van der Waals surface area contributed by atoms with Crippen LogP contribution in [-0.4, -0.2) is 35.3 Å². The summed E-state index contributed by atoms with van der Waals surface area (Å²) in [5.74, 6) is -0.164. The molecule has 0 amide bonds. The molecule has 0 aliphatic carbocycles. The highest BCUT2D eigenvalue weighted by atomic mass is 16.5. The van der Waals surface area contributed by atoms with Gasteiger partial charge in [0.25, 0.3) is 0 Å². The molecule has 0 saturated heterocycles. The van der Waals surface area contributed by atoms with Crippen molar-refractivity contribution in [3.05, 3.63) is 48.3 Å². The Bertz CT molecular complexity index is 876. The first-order chi connectivity index (χ1) is 11.1. The fraction of sp³-hybridized carbons (Fsp3) is 0.118. The summed E-state index contributed by atoms with van der Waals surface area (Å²) in [5.41, 5.74) is 2.00. The van der Waals surface area contributed by atoms with Crippen molar-refractivity contribution >= 4 is 16.9 Å². The van der Waals surface area contributed by atoms with Crippen LogP contribution in [0.2, 0.25) is 0 Å². The van der Waals surface area contributed by atoms with Gasteiger partial charge in [-0.25, -0.2) is 14.8 Å². The molecule has 0 aliphatic rings. The molecule has 116 valence electrons. The Kier molecular flexibility index (Phi) is 3.80. The number of rotatable bonds is 3. The number of hydrogen-bond donors (Lipinski definition) is 1. The number of carbonyl (C=O) groups excluding carboxylic acids is 1. The highest BCUT2D eigenvalue weighted by molar-refractivity contribution is 5.98. The average Bonchev–Trinajstić information content (AvgIpc) is 2.61. The molecule has 1 aromatic carbocycles. The predicted molar refractivity (Wildman–Crippen MR) is 84.5 cm³/mol. The monoisotopic (exact) mass is 310 g/mol. The molecule has 0 atom stereocenters. The van der Waals surface area contributed by atoms with Gasteiger partial charge in [-0.2, -0.15) is 0 Å². The summed E-state index contributed by atoms with van der Waals surface area (Å²) in [6, 6.07) is 10.9. The molecule has 0 fully saturated rings. The number of pyridine rings is 2. The lowest BCUT2D eigenvalue weighted by Crippen LogP contribution is -2.05. The van der Waals surface area contributed by atoms with Crippen molar-refractivity contribution in [1.29, 1.82) is 0 Å². The van der Waals surface area contributed by atoms with Crippen LogP contribution >= 0.6 is 0 Å². The van der Waals surface area contributed by atoms with Gasteiger partial charge in [0, 0.05) is 10.9 Å². The molecule has 23 heavy (non-hydrogen) atoms. The van der Waals surface area contributed by atoms with Crippen LogP contribution in [0, 0.1) is 0 Å². The van der Waals surface area contributed by atoms with Crippen molar-refractivity contribution in [3.8, 4) is 22.8 Å². The molecule has 0 aliphatic heterocycles. The molecule has 2 aromatic heterocycles. The number of ether oxygens (including phenoxy) is 2. The number of aromatic hydroxyl groups is 1. The predicted octanol–water partition coefficient (Wildman–Crippen LogP) is 2.80. The molecule has 6 nitrogen and oxygen atoms in total. The van der Waals surface area contributed by atoms with Gasteiger partial charge < -0.3 is 14.6 Å². The lowest BCUT2D eigenvalue weighted by Gasteiger charge is -2.07. The van der Waals surface area contributed by atoms with E-state index >= 15 is 0 Å². The van der Waals surface area contributed by atoms with E-state index in [4.69, 9.17) is 4.74 Å². The normalized spacial score (nSPS) is 10.5. The van der Waals surface area contributed by atoms with Gasteiger partial charge in [-0.1, -0.05) is 0 Å². The van der Waals surface area contributed by atoms with Crippen LogP contribution in [0.1, 0.15) is 10.5 Å². The highest BCUT2D eigenvalue weighted by Crippen LogP contribution is 2.29. The zero-order valence-electron chi connectivity index (χ0n) is 12.6. The van der Waals surface area contributed by atoms with Gasteiger partial charge >= 0.3 is 5.97 Å². The van der Waals surface area contributed by atoms with Crippen molar-refractivity contribution in [2.75, 3.05) is 14.2 Å². The van der Waals surface area contributed by atoms with Crippen LogP contribution < -0.4 is 4.74 Å². The maximum atomic E-state index is 11.5. The molecule has 0 radical (unpaired) electrons. The number of benzene rings is 1. The molecular weight excluding hydrogens is 296 g/mol. The summed E-state index contributed by atoms with van der Waals surface area (Å²) < 4.78 is 9.72. The van der Waals surface area contributed by atoms with Gasteiger partial charge in [-0.05, 0) is 36.4 Å². The fourth-order valence-electron chi connectivity index (χ4n) is 2.26. The smallest absolute Gasteiger partial charge is 0.360 e. The van der Waals surface area contributed by atoms with Crippen LogP contribution in [0.5, 0.6) is 11.5 Å². The first kappa shape index (κ1) is 14.8. The summed E-state index contributed by atoms with van der Waals surface area (Å²) in [7, 11) is 2.84.